The van der Waals surface area contributed by atoms with Crippen molar-refractivity contribution < 1.29 is 14.7 Å². The molecule has 1 heterocycles. The van der Waals surface area contributed by atoms with Gasteiger partial charge in [0.15, 0.2) is 0 Å². The minimum absolute atomic E-state index is 0.145. The molecule has 0 radical (unpaired) electrons. The summed E-state index contributed by atoms with van der Waals surface area (Å²) in [5, 5.41) is 9.36. The Hall–Kier alpha value is -1.06. The minimum atomic E-state index is -0.776. The Bertz CT molecular complexity index is 395. The Balaban J connectivity index is 1.72. The summed E-state index contributed by atoms with van der Waals surface area (Å²) < 4.78 is 0. The zero-order valence-electron chi connectivity index (χ0n) is 12.1. The molecule has 3 aliphatic rings. The van der Waals surface area contributed by atoms with Gasteiger partial charge in [-0.2, -0.15) is 0 Å². The normalized spacial score (nSPS) is 37.5. The highest BCUT2D eigenvalue weighted by Gasteiger charge is 2.44. The summed E-state index contributed by atoms with van der Waals surface area (Å²) in [6.45, 7) is 0.858. The van der Waals surface area contributed by atoms with Crippen LogP contribution in [0.15, 0.2) is 0 Å². The summed E-state index contributed by atoms with van der Waals surface area (Å²) in [5.41, 5.74) is 0. The van der Waals surface area contributed by atoms with Gasteiger partial charge < -0.3 is 10.0 Å². The fourth-order valence-electron chi connectivity index (χ4n) is 4.61. The number of aliphatic carboxylic acids is 1. The van der Waals surface area contributed by atoms with Crippen LogP contribution in [0.25, 0.3) is 0 Å². The Morgan fingerprint density at radius 1 is 0.850 bits per heavy atom. The quantitative estimate of drug-likeness (QED) is 0.845. The van der Waals surface area contributed by atoms with Crippen molar-refractivity contribution >= 4 is 11.9 Å². The molecule has 4 heteroatoms. The van der Waals surface area contributed by atoms with E-state index in [1.54, 1.807) is 0 Å². The average molecular weight is 279 g/mol. The Labute approximate surface area is 120 Å². The highest BCUT2D eigenvalue weighted by Crippen LogP contribution is 2.39. The number of amides is 1. The van der Waals surface area contributed by atoms with Crippen molar-refractivity contribution in [3.05, 3.63) is 0 Å². The van der Waals surface area contributed by atoms with Gasteiger partial charge in [0, 0.05) is 12.6 Å². The molecule has 4 atom stereocenters. The highest BCUT2D eigenvalue weighted by molar-refractivity contribution is 5.85. The van der Waals surface area contributed by atoms with Crippen LogP contribution >= 0.6 is 0 Å². The zero-order valence-corrected chi connectivity index (χ0v) is 12.1. The third-order valence-corrected chi connectivity index (χ3v) is 5.69. The lowest BCUT2D eigenvalue weighted by atomic mass is 9.78. The summed E-state index contributed by atoms with van der Waals surface area (Å²) in [6, 6.07) is 0.410. The molecule has 1 saturated heterocycles. The van der Waals surface area contributed by atoms with Crippen molar-refractivity contribution in [1.29, 1.82) is 0 Å². The van der Waals surface area contributed by atoms with Gasteiger partial charge in [0.2, 0.25) is 5.91 Å². The molecule has 20 heavy (non-hydrogen) atoms. The van der Waals surface area contributed by atoms with Crippen LogP contribution in [0.5, 0.6) is 0 Å². The van der Waals surface area contributed by atoms with Gasteiger partial charge in [-0.05, 0) is 38.0 Å². The molecular weight excluding hydrogens is 254 g/mol. The molecule has 4 nitrogen and oxygen atoms in total. The van der Waals surface area contributed by atoms with Gasteiger partial charge in [0.05, 0.1) is 11.8 Å². The third kappa shape index (κ3) is 2.45. The number of carbonyl (C=O) groups excluding carboxylic acids is 1. The Morgan fingerprint density at radius 2 is 1.50 bits per heavy atom. The van der Waals surface area contributed by atoms with Gasteiger partial charge in [-0.25, -0.2) is 0 Å². The molecule has 2 aliphatic carbocycles. The molecular formula is C16H25NO3. The van der Waals surface area contributed by atoms with E-state index in [-0.39, 0.29) is 11.8 Å². The molecule has 4 unspecified atom stereocenters. The predicted molar refractivity (Wildman–Crippen MR) is 75.2 cm³/mol. The van der Waals surface area contributed by atoms with E-state index in [4.69, 9.17) is 0 Å². The molecule has 2 saturated carbocycles. The first-order chi connectivity index (χ1) is 9.68. The minimum Gasteiger partial charge on any atom is -0.481 e. The van der Waals surface area contributed by atoms with Crippen LogP contribution in [0.1, 0.15) is 57.8 Å². The first kappa shape index (κ1) is 13.9. The molecule has 112 valence electrons. The van der Waals surface area contributed by atoms with Crippen molar-refractivity contribution in [1.82, 2.24) is 4.90 Å². The Morgan fingerprint density at radius 3 is 2.25 bits per heavy atom. The summed E-state index contributed by atoms with van der Waals surface area (Å²) in [4.78, 5) is 26.3. The van der Waals surface area contributed by atoms with Gasteiger partial charge in [-0.1, -0.05) is 25.7 Å². The van der Waals surface area contributed by atoms with Crippen LogP contribution in [0.2, 0.25) is 0 Å². The van der Waals surface area contributed by atoms with Crippen LogP contribution in [0.4, 0.5) is 0 Å². The number of rotatable bonds is 2. The molecule has 0 aromatic rings. The number of hydrogen-bond acceptors (Lipinski definition) is 2. The molecule has 0 aromatic heterocycles. The fraction of sp³-hybridized carbons (Fsp3) is 0.875. The number of nitrogens with zero attached hydrogens (tertiary/aromatic N) is 1. The van der Waals surface area contributed by atoms with Crippen molar-refractivity contribution in [3.63, 3.8) is 0 Å². The maximum Gasteiger partial charge on any atom is 0.307 e. The van der Waals surface area contributed by atoms with Crippen molar-refractivity contribution in [2.75, 3.05) is 6.54 Å². The predicted octanol–water partition coefficient (Wildman–Crippen LogP) is 2.67. The van der Waals surface area contributed by atoms with Crippen LogP contribution in [-0.4, -0.2) is 34.5 Å². The number of carboxylic acids is 1. The fourth-order valence-corrected chi connectivity index (χ4v) is 4.61. The maximum absolute atomic E-state index is 12.8. The van der Waals surface area contributed by atoms with E-state index >= 15 is 0 Å². The van der Waals surface area contributed by atoms with E-state index < -0.39 is 11.9 Å². The lowest BCUT2D eigenvalue weighted by Gasteiger charge is -2.36. The molecule has 0 spiro atoms. The van der Waals surface area contributed by atoms with Gasteiger partial charge >= 0.3 is 5.97 Å². The summed E-state index contributed by atoms with van der Waals surface area (Å²) >= 11 is 0. The van der Waals surface area contributed by atoms with Crippen LogP contribution in [0.3, 0.4) is 0 Å². The van der Waals surface area contributed by atoms with Crippen molar-refractivity contribution in [3.8, 4) is 0 Å². The number of carbonyl (C=O) groups is 2. The van der Waals surface area contributed by atoms with E-state index in [1.807, 2.05) is 0 Å². The molecule has 1 N–H and O–H groups in total. The van der Waals surface area contributed by atoms with Crippen LogP contribution < -0.4 is 0 Å². The summed E-state index contributed by atoms with van der Waals surface area (Å²) in [7, 11) is 0. The first-order valence-corrected chi connectivity index (χ1v) is 8.22. The number of hydrogen-bond donors (Lipinski definition) is 1. The van der Waals surface area contributed by atoms with Crippen molar-refractivity contribution in [2.24, 2.45) is 17.8 Å². The zero-order chi connectivity index (χ0) is 14.1. The second kappa shape index (κ2) is 5.74. The van der Waals surface area contributed by atoms with E-state index in [9.17, 15) is 14.7 Å². The Kier molecular flexibility index (Phi) is 3.99. The van der Waals surface area contributed by atoms with Gasteiger partial charge in [-0.3, -0.25) is 9.59 Å². The van der Waals surface area contributed by atoms with E-state index in [2.05, 4.69) is 4.90 Å². The number of likely N-dealkylation sites (tertiary alicyclic amines) is 1. The average Bonchev–Trinajstić information content (AvgIpc) is 2.90. The highest BCUT2D eigenvalue weighted by atomic mass is 16.4. The van der Waals surface area contributed by atoms with Gasteiger partial charge in [-0.15, -0.1) is 0 Å². The number of fused-ring (bicyclic) bond motifs is 1. The molecule has 0 aromatic carbocycles. The molecule has 0 bridgehead atoms. The van der Waals surface area contributed by atoms with E-state index in [0.29, 0.717) is 18.4 Å². The van der Waals surface area contributed by atoms with Crippen LogP contribution in [-0.2, 0) is 9.59 Å². The summed E-state index contributed by atoms with van der Waals surface area (Å²) in [5.74, 6) is -0.658. The molecule has 1 aliphatic heterocycles. The third-order valence-electron chi connectivity index (χ3n) is 5.69. The SMILES string of the molecule is O=C(O)C1CCCCC1C(=O)N1CCC2CCCCC21. The van der Waals surface area contributed by atoms with E-state index in [0.717, 1.165) is 38.6 Å². The summed E-state index contributed by atoms with van der Waals surface area (Å²) in [6.07, 6.45) is 9.41. The second-order valence-electron chi connectivity index (χ2n) is 6.77. The topological polar surface area (TPSA) is 57.6 Å². The van der Waals surface area contributed by atoms with Gasteiger partial charge in [0.1, 0.15) is 0 Å². The van der Waals surface area contributed by atoms with Gasteiger partial charge in [0.25, 0.3) is 0 Å². The molecule has 1 amide bonds. The smallest absolute Gasteiger partial charge is 0.307 e. The maximum atomic E-state index is 12.8. The standard InChI is InChI=1S/C16H25NO3/c18-15(12-6-2-3-7-13(12)16(19)20)17-10-9-11-5-1-4-8-14(11)17/h11-14H,1-10H2,(H,19,20). The lowest BCUT2D eigenvalue weighted by molar-refractivity contribution is -0.153. The molecule has 3 fully saturated rings. The van der Waals surface area contributed by atoms with E-state index in [1.165, 1.54) is 19.3 Å². The monoisotopic (exact) mass is 279 g/mol. The lowest BCUT2D eigenvalue weighted by Crippen LogP contribution is -2.46. The second-order valence-corrected chi connectivity index (χ2v) is 6.77. The van der Waals surface area contributed by atoms with Crippen LogP contribution in [0, 0.1) is 17.8 Å². The molecule has 3 rings (SSSR count). The number of carboxylic acid groups (broad SMARTS) is 1. The van der Waals surface area contributed by atoms with Crippen molar-refractivity contribution in [2.45, 2.75) is 63.8 Å². The first-order valence-electron chi connectivity index (χ1n) is 8.22. The largest absolute Gasteiger partial charge is 0.481 e.